The molecule has 0 saturated carbocycles. The fraction of sp³-hybridized carbons (Fsp3) is 0.235. The number of hydrogen-bond donors (Lipinski definition) is 2. The third-order valence-corrected chi connectivity index (χ3v) is 5.10. The molecule has 2 aromatic rings. The Balaban J connectivity index is 2.39. The zero-order chi connectivity index (χ0) is 20.9. The maximum atomic E-state index is 12.7. The van der Waals surface area contributed by atoms with Crippen molar-refractivity contribution in [1.29, 1.82) is 0 Å². The molecule has 11 heteroatoms. The van der Waals surface area contributed by atoms with Gasteiger partial charge < -0.3 is 9.47 Å². The second-order valence-electron chi connectivity index (χ2n) is 5.52. The highest BCUT2D eigenvalue weighted by Crippen LogP contribution is 2.30. The van der Waals surface area contributed by atoms with Crippen LogP contribution in [0.2, 0.25) is 0 Å². The van der Waals surface area contributed by atoms with Crippen LogP contribution in [0.4, 0.5) is 21.9 Å². The molecule has 2 aromatic carbocycles. The highest BCUT2D eigenvalue weighted by atomic mass is 32.2. The van der Waals surface area contributed by atoms with Crippen LogP contribution < -0.4 is 14.8 Å². The van der Waals surface area contributed by atoms with E-state index in [0.717, 1.165) is 0 Å². The number of benzene rings is 2. The van der Waals surface area contributed by atoms with Crippen LogP contribution in [0.25, 0.3) is 0 Å². The Morgan fingerprint density at radius 2 is 1.93 bits per heavy atom. The van der Waals surface area contributed by atoms with Gasteiger partial charge in [0.2, 0.25) is 0 Å². The summed E-state index contributed by atoms with van der Waals surface area (Å²) in [6, 6.07) is 7.93. The van der Waals surface area contributed by atoms with E-state index < -0.39 is 21.0 Å². The number of carbonyl (C=O) groups excluding carboxylic acids is 1. The lowest BCUT2D eigenvalue weighted by atomic mass is 10.2. The van der Waals surface area contributed by atoms with Crippen molar-refractivity contribution in [2.75, 3.05) is 23.8 Å². The first kappa shape index (κ1) is 21.0. The Morgan fingerprint density at radius 3 is 2.54 bits per heavy atom. The van der Waals surface area contributed by atoms with E-state index in [1.807, 2.05) is 0 Å². The van der Waals surface area contributed by atoms with Crippen LogP contribution in [-0.2, 0) is 14.8 Å². The minimum Gasteiger partial charge on any atom is -0.495 e. The summed E-state index contributed by atoms with van der Waals surface area (Å²) < 4.78 is 37.7. The van der Waals surface area contributed by atoms with Gasteiger partial charge in [-0.15, -0.1) is 0 Å². The Kier molecular flexibility index (Phi) is 6.41. The van der Waals surface area contributed by atoms with Crippen LogP contribution in [0.3, 0.4) is 0 Å². The van der Waals surface area contributed by atoms with Crippen molar-refractivity contribution in [2.45, 2.75) is 18.7 Å². The predicted molar refractivity (Wildman–Crippen MR) is 102 cm³/mol. The minimum atomic E-state index is -4.09. The zero-order valence-electron chi connectivity index (χ0n) is 15.4. The Bertz CT molecular complexity index is 1010. The lowest BCUT2D eigenvalue weighted by molar-refractivity contribution is -0.385. The van der Waals surface area contributed by atoms with E-state index in [2.05, 4.69) is 10.0 Å². The van der Waals surface area contributed by atoms with E-state index in [1.165, 1.54) is 50.4 Å². The fourth-order valence-electron chi connectivity index (χ4n) is 2.36. The molecule has 0 aromatic heterocycles. The summed E-state index contributed by atoms with van der Waals surface area (Å²) in [6.45, 7) is 3.21. The summed E-state index contributed by atoms with van der Waals surface area (Å²) in [4.78, 5) is 21.9. The number of carbonyl (C=O) groups is 1. The van der Waals surface area contributed by atoms with Crippen LogP contribution >= 0.6 is 0 Å². The van der Waals surface area contributed by atoms with Gasteiger partial charge in [-0.25, -0.2) is 13.2 Å². The monoisotopic (exact) mass is 409 g/mol. The normalized spacial score (nSPS) is 10.8. The largest absolute Gasteiger partial charge is 0.495 e. The molecular weight excluding hydrogens is 390 g/mol. The van der Waals surface area contributed by atoms with Crippen molar-refractivity contribution in [2.24, 2.45) is 0 Å². The molecule has 1 amide bonds. The second-order valence-corrected chi connectivity index (χ2v) is 7.20. The van der Waals surface area contributed by atoms with Gasteiger partial charge >= 0.3 is 6.09 Å². The number of nitro groups is 1. The second kappa shape index (κ2) is 8.57. The van der Waals surface area contributed by atoms with Crippen LogP contribution in [-0.4, -0.2) is 33.2 Å². The number of amides is 1. The number of hydrogen-bond acceptors (Lipinski definition) is 7. The summed E-state index contributed by atoms with van der Waals surface area (Å²) >= 11 is 0. The predicted octanol–water partition coefficient (Wildman–Crippen LogP) is 3.28. The topological polar surface area (TPSA) is 137 Å². The van der Waals surface area contributed by atoms with Gasteiger partial charge in [0.25, 0.3) is 15.7 Å². The van der Waals surface area contributed by atoms with Gasteiger partial charge in [0.15, 0.2) is 0 Å². The van der Waals surface area contributed by atoms with Crippen LogP contribution in [0.1, 0.15) is 12.5 Å². The molecular formula is C17H19N3O7S. The van der Waals surface area contributed by atoms with Gasteiger partial charge in [0.05, 0.1) is 40.5 Å². The maximum absolute atomic E-state index is 12.7. The molecule has 0 atom stereocenters. The van der Waals surface area contributed by atoms with Gasteiger partial charge in [-0.3, -0.25) is 20.2 Å². The molecule has 0 bridgehead atoms. The molecule has 0 heterocycles. The Labute approximate surface area is 161 Å². The molecule has 2 rings (SSSR count). The van der Waals surface area contributed by atoms with Gasteiger partial charge in [0, 0.05) is 6.07 Å². The lowest BCUT2D eigenvalue weighted by Gasteiger charge is -2.14. The highest BCUT2D eigenvalue weighted by Gasteiger charge is 2.21. The summed E-state index contributed by atoms with van der Waals surface area (Å²) in [5.41, 5.74) is 0.138. The van der Waals surface area contributed by atoms with E-state index in [4.69, 9.17) is 9.47 Å². The third-order valence-electron chi connectivity index (χ3n) is 3.74. The van der Waals surface area contributed by atoms with E-state index in [0.29, 0.717) is 0 Å². The van der Waals surface area contributed by atoms with E-state index >= 15 is 0 Å². The summed E-state index contributed by atoms with van der Waals surface area (Å²) in [6.07, 6.45) is -0.766. The summed E-state index contributed by atoms with van der Waals surface area (Å²) in [5, 5.41) is 13.4. The van der Waals surface area contributed by atoms with Gasteiger partial charge in [-0.2, -0.15) is 0 Å². The van der Waals surface area contributed by atoms with Crippen LogP contribution in [0.5, 0.6) is 5.75 Å². The van der Waals surface area contributed by atoms with E-state index in [-0.39, 0.29) is 39.9 Å². The number of nitro benzene ring substituents is 1. The first-order valence-corrected chi connectivity index (χ1v) is 9.56. The average Bonchev–Trinajstić information content (AvgIpc) is 2.63. The Hall–Kier alpha value is -3.34. The molecule has 0 fully saturated rings. The first-order chi connectivity index (χ1) is 13.2. The number of sulfonamides is 1. The van der Waals surface area contributed by atoms with Gasteiger partial charge in [-0.1, -0.05) is 6.07 Å². The molecule has 28 heavy (non-hydrogen) atoms. The molecule has 0 radical (unpaired) electrons. The molecule has 2 N–H and O–H groups in total. The first-order valence-electron chi connectivity index (χ1n) is 8.08. The van der Waals surface area contributed by atoms with Crippen molar-refractivity contribution in [3.63, 3.8) is 0 Å². The van der Waals surface area contributed by atoms with Gasteiger partial charge in [0.1, 0.15) is 5.75 Å². The molecule has 0 saturated heterocycles. The minimum absolute atomic E-state index is 0.0740. The Morgan fingerprint density at radius 1 is 1.21 bits per heavy atom. The van der Waals surface area contributed by atoms with Crippen LogP contribution in [0, 0.1) is 17.0 Å². The third kappa shape index (κ3) is 4.68. The van der Waals surface area contributed by atoms with E-state index in [1.54, 1.807) is 6.92 Å². The van der Waals surface area contributed by atoms with Crippen molar-refractivity contribution < 1.29 is 27.6 Å². The van der Waals surface area contributed by atoms with Crippen molar-refractivity contribution >= 4 is 33.2 Å². The number of rotatable bonds is 7. The quantitative estimate of drug-likeness (QED) is 0.529. The number of methoxy groups -OCH3 is 1. The maximum Gasteiger partial charge on any atom is 0.411 e. The number of ether oxygens (including phenoxy) is 2. The molecule has 0 spiro atoms. The van der Waals surface area contributed by atoms with E-state index in [9.17, 15) is 23.3 Å². The molecule has 0 unspecified atom stereocenters. The van der Waals surface area contributed by atoms with Crippen molar-refractivity contribution in [1.82, 2.24) is 0 Å². The SMILES string of the molecule is CCOC(=O)Nc1cc(S(=O)(=O)Nc2cccc([N+](=O)[O-])c2C)ccc1OC. The molecule has 0 aliphatic heterocycles. The van der Waals surface area contributed by atoms with Gasteiger partial charge in [-0.05, 0) is 38.1 Å². The standard InChI is InChI=1S/C17H19N3O7S/c1-4-27-17(21)18-14-10-12(8-9-16(14)26-3)28(24,25)19-13-6-5-7-15(11(13)2)20(22)23/h5-10,19H,4H2,1-3H3,(H,18,21). The fourth-order valence-corrected chi connectivity index (χ4v) is 3.51. The average molecular weight is 409 g/mol. The summed E-state index contributed by atoms with van der Waals surface area (Å²) in [7, 11) is -2.73. The zero-order valence-corrected chi connectivity index (χ0v) is 16.2. The lowest BCUT2D eigenvalue weighted by Crippen LogP contribution is -2.17. The number of nitrogens with one attached hydrogen (secondary N) is 2. The molecule has 10 nitrogen and oxygen atoms in total. The summed E-state index contributed by atoms with van der Waals surface area (Å²) in [5.74, 6) is 0.235. The smallest absolute Gasteiger partial charge is 0.411 e. The number of anilines is 2. The van der Waals surface area contributed by atoms with Crippen LogP contribution in [0.15, 0.2) is 41.3 Å². The van der Waals surface area contributed by atoms with Crippen molar-refractivity contribution in [3.05, 3.63) is 52.1 Å². The highest BCUT2D eigenvalue weighted by molar-refractivity contribution is 7.92. The molecule has 0 aliphatic carbocycles. The molecule has 150 valence electrons. The van der Waals surface area contributed by atoms with Crippen molar-refractivity contribution in [3.8, 4) is 5.75 Å². The molecule has 0 aliphatic rings. The number of nitrogens with zero attached hydrogens (tertiary/aromatic N) is 1.